The molecule has 0 aliphatic heterocycles. The van der Waals surface area contributed by atoms with E-state index in [2.05, 4.69) is 5.92 Å². The highest BCUT2D eigenvalue weighted by atomic mass is 19.4. The Morgan fingerprint density at radius 1 is 1.30 bits per heavy atom. The summed E-state index contributed by atoms with van der Waals surface area (Å²) in [6.07, 6.45) is -0.214. The molecule has 0 saturated carbocycles. The Hall–Kier alpha value is -0.650. The van der Waals surface area contributed by atoms with Crippen LogP contribution in [0.5, 0.6) is 0 Å². The van der Waals surface area contributed by atoms with Crippen LogP contribution in [-0.2, 0) is 0 Å². The highest BCUT2D eigenvalue weighted by Crippen LogP contribution is 2.31. The molecule has 0 spiro atoms. The summed E-state index contributed by atoms with van der Waals surface area (Å²) in [5.74, 6) is 2.08. The maximum absolute atomic E-state index is 11.6. The van der Waals surface area contributed by atoms with Gasteiger partial charge < -0.3 is 0 Å². The quantitative estimate of drug-likeness (QED) is 0.504. The van der Waals surface area contributed by atoms with E-state index in [9.17, 15) is 13.2 Å². The summed E-state index contributed by atoms with van der Waals surface area (Å²) in [7, 11) is 0. The standard InChI is InChI=1S/C7H9F3/c1-4-6(2,3)5-7(8,9)10/h1H,5H2,2-3H3. The largest absolute Gasteiger partial charge is 0.390 e. The van der Waals surface area contributed by atoms with Crippen molar-refractivity contribution in [2.24, 2.45) is 5.41 Å². The van der Waals surface area contributed by atoms with Gasteiger partial charge in [-0.05, 0) is 13.8 Å². The molecule has 0 aromatic rings. The fourth-order valence-corrected chi connectivity index (χ4v) is 0.552. The minimum Gasteiger partial charge on any atom is -0.171 e. The molecule has 0 amide bonds. The van der Waals surface area contributed by atoms with Crippen molar-refractivity contribution in [1.82, 2.24) is 0 Å². The Morgan fingerprint density at radius 3 is 1.80 bits per heavy atom. The lowest BCUT2D eigenvalue weighted by molar-refractivity contribution is -0.148. The smallest absolute Gasteiger partial charge is 0.171 e. The lowest BCUT2D eigenvalue weighted by atomic mass is 9.90. The second-order valence-corrected chi connectivity index (χ2v) is 2.82. The van der Waals surface area contributed by atoms with Crippen molar-refractivity contribution in [3.8, 4) is 12.3 Å². The van der Waals surface area contributed by atoms with Gasteiger partial charge in [-0.2, -0.15) is 13.2 Å². The molecule has 0 N–H and O–H groups in total. The second-order valence-electron chi connectivity index (χ2n) is 2.82. The third-order valence-electron chi connectivity index (χ3n) is 1.03. The van der Waals surface area contributed by atoms with Crippen molar-refractivity contribution < 1.29 is 13.2 Å². The number of hydrogen-bond acceptors (Lipinski definition) is 0. The Balaban J connectivity index is 4.05. The van der Waals surface area contributed by atoms with E-state index in [0.717, 1.165) is 0 Å². The number of halogens is 3. The minimum absolute atomic E-state index is 0.920. The van der Waals surface area contributed by atoms with E-state index < -0.39 is 18.0 Å². The van der Waals surface area contributed by atoms with Crippen molar-refractivity contribution in [3.05, 3.63) is 0 Å². The molecule has 0 unspecified atom stereocenters. The summed E-state index contributed by atoms with van der Waals surface area (Å²) in [6, 6.07) is 0. The highest BCUT2D eigenvalue weighted by Gasteiger charge is 2.35. The van der Waals surface area contributed by atoms with Crippen LogP contribution < -0.4 is 0 Å². The van der Waals surface area contributed by atoms with Crippen molar-refractivity contribution in [3.63, 3.8) is 0 Å². The number of rotatable bonds is 1. The monoisotopic (exact) mass is 150 g/mol. The van der Waals surface area contributed by atoms with Gasteiger partial charge >= 0.3 is 6.18 Å². The first kappa shape index (κ1) is 9.35. The highest BCUT2D eigenvalue weighted by molar-refractivity contribution is 5.01. The molecule has 0 heterocycles. The Labute approximate surface area is 58.4 Å². The van der Waals surface area contributed by atoms with E-state index in [1.807, 2.05) is 0 Å². The minimum atomic E-state index is -4.16. The molecule has 0 aliphatic rings. The van der Waals surface area contributed by atoms with Crippen molar-refractivity contribution >= 4 is 0 Å². The van der Waals surface area contributed by atoms with Crippen LogP contribution in [-0.4, -0.2) is 6.18 Å². The molecule has 0 aromatic carbocycles. The third-order valence-corrected chi connectivity index (χ3v) is 1.03. The van der Waals surface area contributed by atoms with Gasteiger partial charge in [0.25, 0.3) is 0 Å². The van der Waals surface area contributed by atoms with Crippen molar-refractivity contribution in [1.29, 1.82) is 0 Å². The Bertz CT molecular complexity index is 147. The summed E-state index contributed by atoms with van der Waals surface area (Å²) < 4.78 is 34.9. The fraction of sp³-hybridized carbons (Fsp3) is 0.714. The van der Waals surface area contributed by atoms with Gasteiger partial charge in [-0.25, -0.2) is 0 Å². The fourth-order valence-electron chi connectivity index (χ4n) is 0.552. The van der Waals surface area contributed by atoms with Crippen LogP contribution in [0.3, 0.4) is 0 Å². The van der Waals surface area contributed by atoms with Crippen LogP contribution in [0, 0.1) is 17.8 Å². The summed E-state index contributed by atoms with van der Waals surface area (Å²) >= 11 is 0. The molecule has 0 fully saturated rings. The summed E-state index contributed by atoms with van der Waals surface area (Å²) in [4.78, 5) is 0. The molecule has 10 heavy (non-hydrogen) atoms. The van der Waals surface area contributed by atoms with Gasteiger partial charge in [-0.3, -0.25) is 0 Å². The van der Waals surface area contributed by atoms with E-state index in [4.69, 9.17) is 6.42 Å². The van der Waals surface area contributed by atoms with E-state index in [1.54, 1.807) is 0 Å². The van der Waals surface area contributed by atoms with Gasteiger partial charge in [0.2, 0.25) is 0 Å². The zero-order valence-electron chi connectivity index (χ0n) is 5.92. The first-order valence-corrected chi connectivity index (χ1v) is 2.81. The van der Waals surface area contributed by atoms with Crippen LogP contribution >= 0.6 is 0 Å². The molecular formula is C7H9F3. The molecule has 58 valence electrons. The van der Waals surface area contributed by atoms with Gasteiger partial charge in [-0.1, -0.05) is 0 Å². The maximum atomic E-state index is 11.6. The third kappa shape index (κ3) is 4.25. The van der Waals surface area contributed by atoms with Crippen LogP contribution in [0.4, 0.5) is 13.2 Å². The van der Waals surface area contributed by atoms with Crippen LogP contribution in [0.2, 0.25) is 0 Å². The predicted molar refractivity (Wildman–Crippen MR) is 33.3 cm³/mol. The number of alkyl halides is 3. The molecule has 0 aliphatic carbocycles. The molecule has 0 rings (SSSR count). The number of hydrogen-bond donors (Lipinski definition) is 0. The molecule has 0 radical (unpaired) electrons. The van der Waals surface area contributed by atoms with Gasteiger partial charge in [0, 0.05) is 5.41 Å². The summed E-state index contributed by atoms with van der Waals surface area (Å²) in [5, 5.41) is 0. The van der Waals surface area contributed by atoms with Gasteiger partial charge in [-0.15, -0.1) is 12.3 Å². The van der Waals surface area contributed by atoms with E-state index in [-0.39, 0.29) is 0 Å². The van der Waals surface area contributed by atoms with Gasteiger partial charge in [0.15, 0.2) is 0 Å². The van der Waals surface area contributed by atoms with Gasteiger partial charge in [0.1, 0.15) is 0 Å². The van der Waals surface area contributed by atoms with Crippen LogP contribution in [0.15, 0.2) is 0 Å². The zero-order valence-corrected chi connectivity index (χ0v) is 5.92. The first-order chi connectivity index (χ1) is 4.27. The maximum Gasteiger partial charge on any atom is 0.390 e. The average molecular weight is 150 g/mol. The van der Waals surface area contributed by atoms with Crippen molar-refractivity contribution in [2.75, 3.05) is 0 Å². The topological polar surface area (TPSA) is 0 Å². The molecular weight excluding hydrogens is 141 g/mol. The van der Waals surface area contributed by atoms with E-state index in [0.29, 0.717) is 0 Å². The van der Waals surface area contributed by atoms with Crippen molar-refractivity contribution in [2.45, 2.75) is 26.4 Å². The Kier molecular flexibility index (Phi) is 2.37. The lowest BCUT2D eigenvalue weighted by Crippen LogP contribution is -2.20. The second kappa shape index (κ2) is 2.53. The molecule has 0 bridgehead atoms. The molecule has 0 aromatic heterocycles. The van der Waals surface area contributed by atoms with Gasteiger partial charge in [0.05, 0.1) is 6.42 Å². The molecule has 0 atom stereocenters. The average Bonchev–Trinajstić information content (AvgIpc) is 1.60. The SMILES string of the molecule is C#CC(C)(C)CC(F)(F)F. The van der Waals surface area contributed by atoms with E-state index >= 15 is 0 Å². The first-order valence-electron chi connectivity index (χ1n) is 2.81. The zero-order chi connectivity index (χ0) is 8.41. The predicted octanol–water partition coefficient (Wildman–Crippen LogP) is 2.60. The van der Waals surface area contributed by atoms with E-state index in [1.165, 1.54) is 13.8 Å². The molecule has 0 nitrogen and oxygen atoms in total. The normalized spacial score (nSPS) is 12.8. The summed E-state index contributed by atoms with van der Waals surface area (Å²) in [5.41, 5.74) is -1.07. The summed E-state index contributed by atoms with van der Waals surface area (Å²) in [6.45, 7) is 2.78. The van der Waals surface area contributed by atoms with Crippen LogP contribution in [0.25, 0.3) is 0 Å². The lowest BCUT2D eigenvalue weighted by Gasteiger charge is -2.18. The Morgan fingerprint density at radius 2 is 1.70 bits per heavy atom. The molecule has 3 heteroatoms. The number of terminal acetylenes is 1. The van der Waals surface area contributed by atoms with Crippen LogP contribution in [0.1, 0.15) is 20.3 Å². The molecule has 0 saturated heterocycles.